The largest absolute Gasteiger partial charge is 0.380 e. The van der Waals surface area contributed by atoms with Gasteiger partial charge in [-0.25, -0.2) is 0 Å². The number of nitriles is 1. The number of hydrogen-bond donors (Lipinski definition) is 1. The third kappa shape index (κ3) is 2.60. The molecule has 3 rings (SSSR count). The molecule has 21 heavy (non-hydrogen) atoms. The summed E-state index contributed by atoms with van der Waals surface area (Å²) in [5.41, 5.74) is 1.12. The standard InChI is InChI=1S/C15H15N3O3/c16-5-11-1-3-12(4-2-11)14(20)17-6-13(19)18-7-15(8-18)9-21-10-15/h1-4H,6-10H2,(H,17,20). The number of amides is 2. The predicted molar refractivity (Wildman–Crippen MR) is 73.3 cm³/mol. The second-order valence-corrected chi connectivity index (χ2v) is 5.61. The Hall–Kier alpha value is -2.39. The van der Waals surface area contributed by atoms with Crippen molar-refractivity contribution in [3.63, 3.8) is 0 Å². The number of nitrogens with zero attached hydrogens (tertiary/aromatic N) is 2. The van der Waals surface area contributed by atoms with Crippen LogP contribution in [0.2, 0.25) is 0 Å². The van der Waals surface area contributed by atoms with E-state index in [1.165, 1.54) is 0 Å². The molecule has 0 aliphatic carbocycles. The van der Waals surface area contributed by atoms with Crippen LogP contribution in [0.25, 0.3) is 0 Å². The van der Waals surface area contributed by atoms with Crippen LogP contribution in [0.5, 0.6) is 0 Å². The van der Waals surface area contributed by atoms with Gasteiger partial charge in [-0.15, -0.1) is 0 Å². The summed E-state index contributed by atoms with van der Waals surface area (Å²) in [5.74, 6) is -0.385. The van der Waals surface area contributed by atoms with Gasteiger partial charge in [0.05, 0.1) is 36.8 Å². The van der Waals surface area contributed by atoms with E-state index in [2.05, 4.69) is 5.32 Å². The molecule has 2 saturated heterocycles. The smallest absolute Gasteiger partial charge is 0.251 e. The van der Waals surface area contributed by atoms with Crippen molar-refractivity contribution in [3.05, 3.63) is 35.4 Å². The van der Waals surface area contributed by atoms with E-state index in [9.17, 15) is 9.59 Å². The second kappa shape index (κ2) is 5.19. The molecule has 1 aromatic carbocycles. The Kier molecular flexibility index (Phi) is 3.35. The molecule has 1 spiro atoms. The minimum atomic E-state index is -0.310. The molecule has 2 amide bonds. The van der Waals surface area contributed by atoms with Gasteiger partial charge in [0, 0.05) is 18.7 Å². The molecule has 2 heterocycles. The molecule has 6 nitrogen and oxygen atoms in total. The van der Waals surface area contributed by atoms with Gasteiger partial charge in [-0.05, 0) is 24.3 Å². The molecule has 2 aliphatic heterocycles. The van der Waals surface area contributed by atoms with Gasteiger partial charge in [-0.2, -0.15) is 5.26 Å². The summed E-state index contributed by atoms with van der Waals surface area (Å²) in [5, 5.41) is 11.3. The first-order valence-corrected chi connectivity index (χ1v) is 6.76. The molecule has 1 N–H and O–H groups in total. The van der Waals surface area contributed by atoms with Crippen LogP contribution < -0.4 is 5.32 Å². The van der Waals surface area contributed by atoms with Gasteiger partial charge in [-0.3, -0.25) is 9.59 Å². The van der Waals surface area contributed by atoms with E-state index in [1.54, 1.807) is 29.2 Å². The Bertz CT molecular complexity index is 606. The van der Waals surface area contributed by atoms with Gasteiger partial charge in [0.25, 0.3) is 5.91 Å². The zero-order chi connectivity index (χ0) is 14.9. The maximum atomic E-state index is 11.9. The zero-order valence-corrected chi connectivity index (χ0v) is 11.5. The van der Waals surface area contributed by atoms with Crippen LogP contribution in [0.3, 0.4) is 0 Å². The minimum Gasteiger partial charge on any atom is -0.380 e. The van der Waals surface area contributed by atoms with Crippen LogP contribution in [0.1, 0.15) is 15.9 Å². The fraction of sp³-hybridized carbons (Fsp3) is 0.400. The Morgan fingerprint density at radius 2 is 1.95 bits per heavy atom. The van der Waals surface area contributed by atoms with E-state index >= 15 is 0 Å². The number of rotatable bonds is 3. The molecule has 0 radical (unpaired) electrons. The van der Waals surface area contributed by atoms with Crippen LogP contribution in [-0.4, -0.2) is 49.6 Å². The molecule has 0 bridgehead atoms. The monoisotopic (exact) mass is 285 g/mol. The van der Waals surface area contributed by atoms with Gasteiger partial charge in [0.1, 0.15) is 0 Å². The fourth-order valence-corrected chi connectivity index (χ4v) is 2.58. The Labute approximate surface area is 122 Å². The molecule has 0 atom stereocenters. The maximum Gasteiger partial charge on any atom is 0.251 e. The van der Waals surface area contributed by atoms with Gasteiger partial charge in [0.2, 0.25) is 5.91 Å². The van der Waals surface area contributed by atoms with E-state index in [4.69, 9.17) is 10.00 Å². The number of ether oxygens (including phenoxy) is 1. The van der Waals surface area contributed by atoms with Crippen LogP contribution >= 0.6 is 0 Å². The van der Waals surface area contributed by atoms with Crippen molar-refractivity contribution < 1.29 is 14.3 Å². The van der Waals surface area contributed by atoms with Crippen LogP contribution in [0.4, 0.5) is 0 Å². The lowest BCUT2D eigenvalue weighted by Crippen LogP contribution is -2.68. The molecule has 0 saturated carbocycles. The van der Waals surface area contributed by atoms with Gasteiger partial charge >= 0.3 is 0 Å². The van der Waals surface area contributed by atoms with E-state index in [-0.39, 0.29) is 23.8 Å². The minimum absolute atomic E-state index is 0.00419. The topological polar surface area (TPSA) is 82.4 Å². The summed E-state index contributed by atoms with van der Waals surface area (Å²) in [6, 6.07) is 8.29. The van der Waals surface area contributed by atoms with Crippen molar-refractivity contribution in [2.75, 3.05) is 32.8 Å². The summed E-state index contributed by atoms with van der Waals surface area (Å²) in [7, 11) is 0. The fourth-order valence-electron chi connectivity index (χ4n) is 2.58. The molecular weight excluding hydrogens is 270 g/mol. The SMILES string of the molecule is N#Cc1ccc(C(=O)NCC(=O)N2CC3(COC3)C2)cc1. The van der Waals surface area contributed by atoms with Crippen molar-refractivity contribution in [2.24, 2.45) is 5.41 Å². The van der Waals surface area contributed by atoms with Crippen molar-refractivity contribution >= 4 is 11.8 Å². The predicted octanol–water partition coefficient (Wildman–Crippen LogP) is 0.147. The van der Waals surface area contributed by atoms with Gasteiger partial charge in [-0.1, -0.05) is 0 Å². The number of likely N-dealkylation sites (tertiary alicyclic amines) is 1. The average molecular weight is 285 g/mol. The van der Waals surface area contributed by atoms with Crippen LogP contribution in [0, 0.1) is 16.7 Å². The van der Waals surface area contributed by atoms with Crippen molar-refractivity contribution in [2.45, 2.75) is 0 Å². The lowest BCUT2D eigenvalue weighted by Gasteiger charge is -2.54. The summed E-state index contributed by atoms with van der Waals surface area (Å²) < 4.78 is 5.15. The highest BCUT2D eigenvalue weighted by molar-refractivity contribution is 5.96. The summed E-state index contributed by atoms with van der Waals surface area (Å²) in [4.78, 5) is 25.5. The number of carbonyl (C=O) groups excluding carboxylic acids is 2. The zero-order valence-electron chi connectivity index (χ0n) is 11.5. The number of carbonyl (C=O) groups is 2. The Balaban J connectivity index is 1.47. The number of nitrogens with one attached hydrogen (secondary N) is 1. The lowest BCUT2D eigenvalue weighted by atomic mass is 9.78. The first kappa shape index (κ1) is 13.6. The summed E-state index contributed by atoms with van der Waals surface area (Å²) >= 11 is 0. The van der Waals surface area contributed by atoms with Crippen molar-refractivity contribution in [1.82, 2.24) is 10.2 Å². The maximum absolute atomic E-state index is 11.9. The number of hydrogen-bond acceptors (Lipinski definition) is 4. The van der Waals surface area contributed by atoms with E-state index in [0.29, 0.717) is 11.1 Å². The summed E-state index contributed by atoms with van der Waals surface area (Å²) in [6.45, 7) is 2.90. The third-order valence-electron chi connectivity index (χ3n) is 3.90. The molecule has 2 aliphatic rings. The molecule has 1 aromatic rings. The normalized spacial score (nSPS) is 18.3. The average Bonchev–Trinajstić information content (AvgIpc) is 2.42. The highest BCUT2D eigenvalue weighted by atomic mass is 16.5. The quantitative estimate of drug-likeness (QED) is 0.857. The highest BCUT2D eigenvalue weighted by Gasteiger charge is 2.50. The first-order chi connectivity index (χ1) is 10.1. The van der Waals surface area contributed by atoms with E-state index < -0.39 is 0 Å². The Morgan fingerprint density at radius 3 is 2.48 bits per heavy atom. The molecule has 108 valence electrons. The number of benzene rings is 1. The lowest BCUT2D eigenvalue weighted by molar-refractivity contribution is -0.194. The van der Waals surface area contributed by atoms with Gasteiger partial charge < -0.3 is 15.0 Å². The molecule has 6 heteroatoms. The highest BCUT2D eigenvalue weighted by Crippen LogP contribution is 2.37. The summed E-state index contributed by atoms with van der Waals surface area (Å²) in [6.07, 6.45) is 0. The second-order valence-electron chi connectivity index (χ2n) is 5.61. The Morgan fingerprint density at radius 1 is 1.29 bits per heavy atom. The van der Waals surface area contributed by atoms with Crippen LogP contribution in [0.15, 0.2) is 24.3 Å². The molecule has 2 fully saturated rings. The van der Waals surface area contributed by atoms with Crippen molar-refractivity contribution in [1.29, 1.82) is 5.26 Å². The van der Waals surface area contributed by atoms with E-state index in [0.717, 1.165) is 26.3 Å². The van der Waals surface area contributed by atoms with Gasteiger partial charge in [0.15, 0.2) is 0 Å². The molecular formula is C15H15N3O3. The first-order valence-electron chi connectivity index (χ1n) is 6.76. The van der Waals surface area contributed by atoms with Crippen molar-refractivity contribution in [3.8, 4) is 6.07 Å². The third-order valence-corrected chi connectivity index (χ3v) is 3.90. The molecule has 0 aromatic heterocycles. The van der Waals surface area contributed by atoms with E-state index in [1.807, 2.05) is 6.07 Å². The van der Waals surface area contributed by atoms with Crippen LogP contribution in [-0.2, 0) is 9.53 Å². The molecule has 0 unspecified atom stereocenters.